The van der Waals surface area contributed by atoms with E-state index in [4.69, 9.17) is 16.0 Å². The van der Waals surface area contributed by atoms with Crippen LogP contribution < -0.4 is 5.32 Å². The highest BCUT2D eigenvalue weighted by atomic mass is 35.5. The molecular weight excluding hydrogens is 403 g/mol. The highest BCUT2D eigenvalue weighted by molar-refractivity contribution is 7.99. The third kappa shape index (κ3) is 5.01. The van der Waals surface area contributed by atoms with Crippen LogP contribution in [0.1, 0.15) is 5.69 Å². The van der Waals surface area contributed by atoms with Crippen molar-refractivity contribution in [3.63, 3.8) is 0 Å². The van der Waals surface area contributed by atoms with Gasteiger partial charge < -0.3 is 9.73 Å². The largest absolute Gasteiger partial charge is 0.463 e. The smallest absolute Gasteiger partial charge is 0.433 e. The maximum Gasteiger partial charge on any atom is 0.433 e. The first-order valence-electron chi connectivity index (χ1n) is 7.50. The highest BCUT2D eigenvalue weighted by Crippen LogP contribution is 2.32. The summed E-state index contributed by atoms with van der Waals surface area (Å²) in [5.74, 6) is -0.469. The van der Waals surface area contributed by atoms with Crippen LogP contribution in [0.3, 0.4) is 0 Å². The number of hydrogen-bond donors (Lipinski definition) is 1. The van der Waals surface area contributed by atoms with E-state index in [0.29, 0.717) is 10.7 Å². The van der Waals surface area contributed by atoms with E-state index in [1.807, 2.05) is 0 Å². The zero-order valence-electron chi connectivity index (χ0n) is 13.5. The Labute approximate surface area is 161 Å². The number of nitrogens with zero attached hydrogens (tertiary/aromatic N) is 2. The van der Waals surface area contributed by atoms with Gasteiger partial charge in [-0.15, -0.1) is 0 Å². The van der Waals surface area contributed by atoms with Crippen molar-refractivity contribution in [1.82, 2.24) is 9.97 Å². The van der Waals surface area contributed by atoms with Gasteiger partial charge in [0.05, 0.1) is 22.7 Å². The Bertz CT molecular complexity index is 949. The molecule has 1 aromatic carbocycles. The Morgan fingerprint density at radius 3 is 2.63 bits per heavy atom. The minimum Gasteiger partial charge on any atom is -0.463 e. The van der Waals surface area contributed by atoms with Gasteiger partial charge in [-0.25, -0.2) is 9.97 Å². The third-order valence-corrected chi connectivity index (χ3v) is 4.43. The summed E-state index contributed by atoms with van der Waals surface area (Å²) in [5, 5.41) is 2.74. The standard InChI is InChI=1S/C17H11ClF3N3O2S/c18-10-4-1-2-5-11(10)22-15(25)9-27-16-23-12(13-6-3-7-26-13)8-14(24-16)17(19,20)21/h1-8H,9H2,(H,22,25). The van der Waals surface area contributed by atoms with Crippen molar-refractivity contribution >= 4 is 35.0 Å². The molecule has 0 unspecified atom stereocenters. The van der Waals surface area contributed by atoms with Crippen LogP contribution in [-0.2, 0) is 11.0 Å². The van der Waals surface area contributed by atoms with Gasteiger partial charge in [0.1, 0.15) is 11.4 Å². The number of nitrogens with one attached hydrogen (secondary N) is 1. The Morgan fingerprint density at radius 1 is 1.19 bits per heavy atom. The first-order valence-corrected chi connectivity index (χ1v) is 8.86. The summed E-state index contributed by atoms with van der Waals surface area (Å²) in [7, 11) is 0. The second kappa shape index (κ2) is 8.01. The molecule has 10 heteroatoms. The van der Waals surface area contributed by atoms with E-state index in [-0.39, 0.29) is 22.4 Å². The van der Waals surface area contributed by atoms with Crippen LogP contribution in [0.4, 0.5) is 18.9 Å². The van der Waals surface area contributed by atoms with Gasteiger partial charge in [0, 0.05) is 0 Å². The molecule has 0 bridgehead atoms. The zero-order valence-corrected chi connectivity index (χ0v) is 15.0. The zero-order chi connectivity index (χ0) is 19.4. The number of rotatable bonds is 5. The molecule has 0 radical (unpaired) electrons. The van der Waals surface area contributed by atoms with Crippen LogP contribution in [0.2, 0.25) is 5.02 Å². The second-order valence-corrected chi connectivity index (χ2v) is 6.56. The van der Waals surface area contributed by atoms with Crippen molar-refractivity contribution < 1.29 is 22.4 Å². The fraction of sp³-hybridized carbons (Fsp3) is 0.118. The topological polar surface area (TPSA) is 68.0 Å². The SMILES string of the molecule is O=C(CSc1nc(-c2ccco2)cc(C(F)(F)F)n1)Nc1ccccc1Cl. The second-order valence-electron chi connectivity index (χ2n) is 5.21. The van der Waals surface area contributed by atoms with Crippen LogP contribution in [0.5, 0.6) is 0 Å². The number of amides is 1. The minimum atomic E-state index is -4.65. The molecule has 0 fully saturated rings. The summed E-state index contributed by atoms with van der Waals surface area (Å²) in [5.41, 5.74) is -0.722. The van der Waals surface area contributed by atoms with Crippen LogP contribution in [0.25, 0.3) is 11.5 Å². The van der Waals surface area contributed by atoms with Gasteiger partial charge in [0.15, 0.2) is 10.9 Å². The van der Waals surface area contributed by atoms with Gasteiger partial charge in [-0.1, -0.05) is 35.5 Å². The Balaban J connectivity index is 1.77. The predicted molar refractivity (Wildman–Crippen MR) is 95.5 cm³/mol. The number of alkyl halides is 3. The fourth-order valence-electron chi connectivity index (χ4n) is 2.06. The Morgan fingerprint density at radius 2 is 1.96 bits per heavy atom. The quantitative estimate of drug-likeness (QED) is 0.463. The molecule has 0 aliphatic rings. The normalized spacial score (nSPS) is 11.4. The molecule has 0 saturated heterocycles. The first-order chi connectivity index (χ1) is 12.8. The molecular formula is C17H11ClF3N3O2S. The molecule has 27 heavy (non-hydrogen) atoms. The highest BCUT2D eigenvalue weighted by Gasteiger charge is 2.34. The molecule has 0 saturated carbocycles. The van der Waals surface area contributed by atoms with E-state index in [0.717, 1.165) is 17.8 Å². The molecule has 140 valence electrons. The maximum atomic E-state index is 13.1. The van der Waals surface area contributed by atoms with Crippen LogP contribution >= 0.6 is 23.4 Å². The van der Waals surface area contributed by atoms with E-state index in [2.05, 4.69) is 15.3 Å². The summed E-state index contributed by atoms with van der Waals surface area (Å²) in [6, 6.07) is 10.4. The van der Waals surface area contributed by atoms with Crippen molar-refractivity contribution in [1.29, 1.82) is 0 Å². The van der Waals surface area contributed by atoms with Gasteiger partial charge in [0.25, 0.3) is 0 Å². The summed E-state index contributed by atoms with van der Waals surface area (Å²) in [4.78, 5) is 19.6. The van der Waals surface area contributed by atoms with E-state index in [1.165, 1.54) is 18.4 Å². The lowest BCUT2D eigenvalue weighted by atomic mass is 10.2. The van der Waals surface area contributed by atoms with Crippen molar-refractivity contribution in [2.75, 3.05) is 11.1 Å². The van der Waals surface area contributed by atoms with Gasteiger partial charge in [-0.05, 0) is 30.3 Å². The van der Waals surface area contributed by atoms with Crippen molar-refractivity contribution in [3.8, 4) is 11.5 Å². The average molecular weight is 414 g/mol. The Hall–Kier alpha value is -2.52. The lowest BCUT2D eigenvalue weighted by molar-refractivity contribution is -0.141. The third-order valence-electron chi connectivity index (χ3n) is 3.25. The van der Waals surface area contributed by atoms with E-state index >= 15 is 0 Å². The predicted octanol–water partition coefficient (Wildman–Crippen LogP) is 5.14. The summed E-state index contributed by atoms with van der Waals surface area (Å²) in [6.07, 6.45) is -3.33. The van der Waals surface area contributed by atoms with Gasteiger partial charge >= 0.3 is 6.18 Å². The lowest BCUT2D eigenvalue weighted by Crippen LogP contribution is -2.15. The number of hydrogen-bond acceptors (Lipinski definition) is 5. The van der Waals surface area contributed by atoms with Gasteiger partial charge in [0.2, 0.25) is 5.91 Å². The average Bonchev–Trinajstić information content (AvgIpc) is 3.16. The molecule has 2 heterocycles. The van der Waals surface area contributed by atoms with Crippen molar-refractivity contribution in [2.45, 2.75) is 11.3 Å². The number of carbonyl (C=O) groups is 1. The molecule has 3 aromatic rings. The lowest BCUT2D eigenvalue weighted by Gasteiger charge is -2.10. The van der Waals surface area contributed by atoms with Crippen molar-refractivity contribution in [3.05, 3.63) is 59.4 Å². The molecule has 1 amide bonds. The van der Waals surface area contributed by atoms with Crippen LogP contribution in [-0.4, -0.2) is 21.6 Å². The number of carbonyl (C=O) groups excluding carboxylic acids is 1. The van der Waals surface area contributed by atoms with Gasteiger partial charge in [-0.3, -0.25) is 4.79 Å². The number of thioether (sulfide) groups is 1. The molecule has 2 aromatic heterocycles. The number of furan rings is 1. The van der Waals surface area contributed by atoms with Gasteiger partial charge in [-0.2, -0.15) is 13.2 Å². The van der Waals surface area contributed by atoms with E-state index in [9.17, 15) is 18.0 Å². The van der Waals surface area contributed by atoms with Crippen molar-refractivity contribution in [2.24, 2.45) is 0 Å². The number of halogens is 4. The van der Waals surface area contributed by atoms with Crippen LogP contribution in [0, 0.1) is 0 Å². The molecule has 3 rings (SSSR count). The summed E-state index contributed by atoms with van der Waals surface area (Å²) < 4.78 is 44.4. The number of aromatic nitrogens is 2. The number of benzene rings is 1. The number of anilines is 1. The number of para-hydroxylation sites is 1. The summed E-state index contributed by atoms with van der Waals surface area (Å²) in [6.45, 7) is 0. The fourth-order valence-corrected chi connectivity index (χ4v) is 2.91. The molecule has 1 N–H and O–H groups in total. The summed E-state index contributed by atoms with van der Waals surface area (Å²) >= 11 is 6.73. The molecule has 5 nitrogen and oxygen atoms in total. The van der Waals surface area contributed by atoms with Crippen LogP contribution in [0.15, 0.2) is 58.3 Å². The molecule has 0 aliphatic carbocycles. The Kier molecular flexibility index (Phi) is 5.71. The maximum absolute atomic E-state index is 13.1. The minimum absolute atomic E-state index is 0.0173. The molecule has 0 aliphatic heterocycles. The van der Waals surface area contributed by atoms with E-state index < -0.39 is 17.8 Å². The monoisotopic (exact) mass is 413 g/mol. The molecule has 0 spiro atoms. The molecule has 0 atom stereocenters. The first kappa shape index (κ1) is 19.2. The van der Waals surface area contributed by atoms with E-state index in [1.54, 1.807) is 24.3 Å².